The molecule has 2 aliphatic carbocycles. The molecular weight excluding hydrogens is 346 g/mol. The van der Waals surface area contributed by atoms with Gasteiger partial charge in [0.25, 0.3) is 0 Å². The molecular formula is C16H15F4NO2S. The zero-order valence-corrected chi connectivity index (χ0v) is 13.3. The average molecular weight is 361 g/mol. The van der Waals surface area contributed by atoms with E-state index in [1.54, 1.807) is 30.3 Å². The molecule has 1 atom stereocenters. The van der Waals surface area contributed by atoms with Gasteiger partial charge in [0.05, 0.1) is 0 Å². The number of allylic oxidation sites excluding steroid dienone is 3. The van der Waals surface area contributed by atoms with Gasteiger partial charge in [0.2, 0.25) is 14.8 Å². The second-order valence-corrected chi connectivity index (χ2v) is 7.88. The fourth-order valence-electron chi connectivity index (χ4n) is 2.66. The smallest absolute Gasteiger partial charge is 0.211 e. The second kappa shape index (κ2) is 5.70. The molecule has 0 heterocycles. The van der Waals surface area contributed by atoms with Crippen molar-refractivity contribution in [2.45, 2.75) is 36.2 Å². The third-order valence-electron chi connectivity index (χ3n) is 4.20. The molecule has 8 heteroatoms. The highest BCUT2D eigenvalue weighted by molar-refractivity contribution is 7.91. The van der Waals surface area contributed by atoms with Crippen LogP contribution in [0.1, 0.15) is 24.8 Å². The van der Waals surface area contributed by atoms with E-state index >= 15 is 0 Å². The summed E-state index contributed by atoms with van der Waals surface area (Å²) in [5, 5.41) is 0. The minimum Gasteiger partial charge on any atom is -0.211 e. The van der Waals surface area contributed by atoms with Crippen LogP contribution >= 0.6 is 0 Å². The Morgan fingerprint density at radius 1 is 1.12 bits per heavy atom. The van der Waals surface area contributed by atoms with Crippen LogP contribution in [0.15, 0.2) is 48.3 Å². The molecule has 1 aromatic carbocycles. The zero-order valence-electron chi connectivity index (χ0n) is 12.5. The summed E-state index contributed by atoms with van der Waals surface area (Å²) >= 11 is 0. The predicted molar refractivity (Wildman–Crippen MR) is 82.1 cm³/mol. The van der Waals surface area contributed by atoms with E-state index in [0.29, 0.717) is 24.5 Å². The van der Waals surface area contributed by atoms with Crippen LogP contribution in [-0.4, -0.2) is 25.4 Å². The Morgan fingerprint density at radius 3 is 2.25 bits per heavy atom. The summed E-state index contributed by atoms with van der Waals surface area (Å²) < 4.78 is 78.5. The Balaban J connectivity index is 2.04. The summed E-state index contributed by atoms with van der Waals surface area (Å²) in [6, 6.07) is 7.75. The van der Waals surface area contributed by atoms with Crippen molar-refractivity contribution in [3.8, 4) is 0 Å². The monoisotopic (exact) mass is 361 g/mol. The molecule has 0 bridgehead atoms. The molecule has 24 heavy (non-hydrogen) atoms. The van der Waals surface area contributed by atoms with Gasteiger partial charge >= 0.3 is 6.18 Å². The molecule has 130 valence electrons. The highest BCUT2D eigenvalue weighted by atomic mass is 32.2. The summed E-state index contributed by atoms with van der Waals surface area (Å²) in [6.07, 6.45) is -3.55. The summed E-state index contributed by atoms with van der Waals surface area (Å²) in [6.45, 7) is 0. The number of rotatable bonds is 4. The molecule has 3 rings (SSSR count). The van der Waals surface area contributed by atoms with Crippen LogP contribution in [0, 0.1) is 0 Å². The maximum absolute atomic E-state index is 14.6. The van der Waals surface area contributed by atoms with E-state index in [1.165, 1.54) is 0 Å². The molecule has 0 aromatic heterocycles. The first-order chi connectivity index (χ1) is 11.2. The maximum Gasteiger partial charge on any atom is 0.416 e. The van der Waals surface area contributed by atoms with Crippen LogP contribution < -0.4 is 4.72 Å². The van der Waals surface area contributed by atoms with Crippen LogP contribution in [0.2, 0.25) is 0 Å². The first kappa shape index (κ1) is 17.2. The van der Waals surface area contributed by atoms with Crippen LogP contribution in [0.3, 0.4) is 0 Å². The van der Waals surface area contributed by atoms with Gasteiger partial charge in [-0.05, 0) is 30.1 Å². The fraction of sp³-hybridized carbons (Fsp3) is 0.375. The Labute approximate surface area is 137 Å². The topological polar surface area (TPSA) is 46.2 Å². The number of halogens is 4. The van der Waals surface area contributed by atoms with E-state index in [4.69, 9.17) is 0 Å². The van der Waals surface area contributed by atoms with Gasteiger partial charge < -0.3 is 0 Å². The quantitative estimate of drug-likeness (QED) is 0.831. The van der Waals surface area contributed by atoms with Crippen LogP contribution in [0.25, 0.3) is 5.57 Å². The van der Waals surface area contributed by atoms with E-state index < -0.39 is 39.2 Å². The Hall–Kier alpha value is -1.67. The number of benzene rings is 1. The van der Waals surface area contributed by atoms with Crippen molar-refractivity contribution in [1.82, 2.24) is 4.72 Å². The Morgan fingerprint density at radius 2 is 1.75 bits per heavy atom. The first-order valence-corrected chi connectivity index (χ1v) is 8.87. The molecule has 0 radical (unpaired) electrons. The highest BCUT2D eigenvalue weighted by Gasteiger charge is 2.67. The normalized spacial score (nSPS) is 25.2. The molecule has 1 saturated carbocycles. The lowest BCUT2D eigenvalue weighted by molar-refractivity contribution is -0.156. The van der Waals surface area contributed by atoms with Gasteiger partial charge in [0, 0.05) is 12.5 Å². The van der Waals surface area contributed by atoms with Crippen LogP contribution in [0.4, 0.5) is 17.6 Å². The Kier molecular flexibility index (Phi) is 4.08. The van der Waals surface area contributed by atoms with Crippen molar-refractivity contribution >= 4 is 15.6 Å². The van der Waals surface area contributed by atoms with Gasteiger partial charge in [0.15, 0.2) is 0 Å². The summed E-state index contributed by atoms with van der Waals surface area (Å²) in [5.41, 5.74) is 0.755. The van der Waals surface area contributed by atoms with Crippen LogP contribution in [0.5, 0.6) is 0 Å². The van der Waals surface area contributed by atoms with E-state index in [2.05, 4.69) is 0 Å². The van der Waals surface area contributed by atoms with Gasteiger partial charge in [-0.15, -0.1) is 0 Å². The molecule has 0 amide bonds. The largest absolute Gasteiger partial charge is 0.416 e. The zero-order chi connectivity index (χ0) is 17.6. The third-order valence-corrected chi connectivity index (χ3v) is 6.35. The van der Waals surface area contributed by atoms with E-state index in [0.717, 1.165) is 6.08 Å². The standard InChI is InChI=1S/C16H15F4NO2S/c17-14-10-12(11-4-2-1-3-5-11)8-9-15(14,16(18,19)20)24(22,23)21-13-6-7-13/h1-5,8,10,13,21H,6-7,9H2. The van der Waals surface area contributed by atoms with Crippen molar-refractivity contribution in [2.75, 3.05) is 0 Å². The number of sulfonamides is 1. The molecule has 0 spiro atoms. The number of alkyl halides is 3. The lowest BCUT2D eigenvalue weighted by Gasteiger charge is -2.35. The number of nitrogens with one attached hydrogen (secondary N) is 1. The SMILES string of the molecule is O=S(=O)(NC1CC1)C1(C(F)(F)F)CC=C(c2ccccc2)C=C1F. The molecule has 1 N–H and O–H groups in total. The molecule has 0 aliphatic heterocycles. The fourth-order valence-corrected chi connectivity index (χ4v) is 4.46. The van der Waals surface area contributed by atoms with Crippen molar-refractivity contribution in [1.29, 1.82) is 0 Å². The van der Waals surface area contributed by atoms with Crippen molar-refractivity contribution in [3.63, 3.8) is 0 Å². The minimum atomic E-state index is -5.27. The number of hydrogen-bond acceptors (Lipinski definition) is 2. The molecule has 3 nitrogen and oxygen atoms in total. The molecule has 1 fully saturated rings. The average Bonchev–Trinajstić information content (AvgIpc) is 3.29. The molecule has 1 aromatic rings. The van der Waals surface area contributed by atoms with Gasteiger partial charge in [-0.3, -0.25) is 0 Å². The molecule has 2 aliphatic rings. The summed E-state index contributed by atoms with van der Waals surface area (Å²) in [5.74, 6) is -1.70. The lowest BCUT2D eigenvalue weighted by atomic mass is 9.91. The predicted octanol–water partition coefficient (Wildman–Crippen LogP) is 3.71. The lowest BCUT2D eigenvalue weighted by Crippen LogP contribution is -2.57. The van der Waals surface area contributed by atoms with E-state index in [9.17, 15) is 26.0 Å². The van der Waals surface area contributed by atoms with Crippen molar-refractivity contribution in [2.24, 2.45) is 0 Å². The van der Waals surface area contributed by atoms with Crippen molar-refractivity contribution in [3.05, 3.63) is 53.9 Å². The van der Waals surface area contributed by atoms with Gasteiger partial charge in [0.1, 0.15) is 5.83 Å². The molecule has 0 saturated heterocycles. The third kappa shape index (κ3) is 2.77. The van der Waals surface area contributed by atoms with Gasteiger partial charge in [-0.1, -0.05) is 36.4 Å². The van der Waals surface area contributed by atoms with Gasteiger partial charge in [-0.2, -0.15) is 13.2 Å². The highest BCUT2D eigenvalue weighted by Crippen LogP contribution is 2.49. The minimum absolute atomic E-state index is 0.231. The number of hydrogen-bond donors (Lipinski definition) is 1. The Bertz CT molecular complexity index is 795. The summed E-state index contributed by atoms with van der Waals surface area (Å²) in [7, 11) is -4.96. The van der Waals surface area contributed by atoms with Crippen molar-refractivity contribution < 1.29 is 26.0 Å². The van der Waals surface area contributed by atoms with Crippen LogP contribution in [-0.2, 0) is 10.0 Å². The van der Waals surface area contributed by atoms with E-state index in [1.807, 2.05) is 4.72 Å². The molecule has 1 unspecified atom stereocenters. The first-order valence-electron chi connectivity index (χ1n) is 7.39. The second-order valence-electron chi connectivity index (χ2n) is 5.94. The maximum atomic E-state index is 14.6. The summed E-state index contributed by atoms with van der Waals surface area (Å²) in [4.78, 5) is 0. The van der Waals surface area contributed by atoms with E-state index in [-0.39, 0.29) is 5.57 Å². The van der Waals surface area contributed by atoms with Gasteiger partial charge in [-0.25, -0.2) is 17.5 Å².